The van der Waals surface area contributed by atoms with Crippen molar-refractivity contribution in [3.8, 4) is 0 Å². The Morgan fingerprint density at radius 3 is 3.06 bits per heavy atom. The SMILES string of the molecule is CO/C=N\c1ccc(C2=CCNCC2)nc1. The van der Waals surface area contributed by atoms with E-state index in [1.165, 1.54) is 12.0 Å². The summed E-state index contributed by atoms with van der Waals surface area (Å²) in [5.41, 5.74) is 3.15. The van der Waals surface area contributed by atoms with Crippen LogP contribution >= 0.6 is 0 Å². The molecule has 0 saturated carbocycles. The lowest BCUT2D eigenvalue weighted by atomic mass is 10.1. The molecule has 4 heteroatoms. The second-order valence-electron chi connectivity index (χ2n) is 3.56. The van der Waals surface area contributed by atoms with Crippen LogP contribution in [-0.2, 0) is 4.74 Å². The third kappa shape index (κ3) is 2.67. The number of aliphatic imine (C=N–C) groups is 1. The number of rotatable bonds is 3. The van der Waals surface area contributed by atoms with E-state index in [1.54, 1.807) is 13.3 Å². The second-order valence-corrected chi connectivity index (χ2v) is 3.56. The fraction of sp³-hybridized carbons (Fsp3) is 0.333. The first-order chi connectivity index (χ1) is 7.90. The Kier molecular flexibility index (Phi) is 3.66. The molecule has 16 heavy (non-hydrogen) atoms. The molecule has 2 rings (SSSR count). The Morgan fingerprint density at radius 2 is 2.44 bits per heavy atom. The van der Waals surface area contributed by atoms with E-state index in [0.29, 0.717) is 0 Å². The van der Waals surface area contributed by atoms with Gasteiger partial charge in [-0.1, -0.05) is 6.08 Å². The van der Waals surface area contributed by atoms with Crippen molar-refractivity contribution in [2.45, 2.75) is 6.42 Å². The van der Waals surface area contributed by atoms with Crippen molar-refractivity contribution in [2.24, 2.45) is 4.99 Å². The van der Waals surface area contributed by atoms with E-state index in [-0.39, 0.29) is 0 Å². The van der Waals surface area contributed by atoms with Crippen LogP contribution in [0.1, 0.15) is 12.1 Å². The summed E-state index contributed by atoms with van der Waals surface area (Å²) in [6, 6.07) is 3.94. The number of nitrogens with zero attached hydrogens (tertiary/aromatic N) is 2. The topological polar surface area (TPSA) is 46.5 Å². The van der Waals surface area contributed by atoms with Gasteiger partial charge in [0.2, 0.25) is 0 Å². The van der Waals surface area contributed by atoms with Crippen LogP contribution in [0.15, 0.2) is 29.4 Å². The highest BCUT2D eigenvalue weighted by molar-refractivity contribution is 5.65. The standard InChI is InChI=1S/C12H15N3O/c1-16-9-15-11-2-3-12(14-8-11)10-4-6-13-7-5-10/h2-4,8-9,13H,5-7H2,1H3/b15-9-. The minimum Gasteiger partial charge on any atom is -0.486 e. The van der Waals surface area contributed by atoms with Gasteiger partial charge in [-0.05, 0) is 30.7 Å². The Bertz CT molecular complexity index is 395. The van der Waals surface area contributed by atoms with E-state index in [1.807, 2.05) is 12.1 Å². The zero-order valence-electron chi connectivity index (χ0n) is 9.31. The Balaban J connectivity index is 2.12. The monoisotopic (exact) mass is 217 g/mol. The summed E-state index contributed by atoms with van der Waals surface area (Å²) >= 11 is 0. The molecule has 0 atom stereocenters. The fourth-order valence-electron chi connectivity index (χ4n) is 1.62. The molecular weight excluding hydrogens is 202 g/mol. The molecule has 1 N–H and O–H groups in total. The molecule has 1 aromatic rings. The number of pyridine rings is 1. The summed E-state index contributed by atoms with van der Waals surface area (Å²) in [4.78, 5) is 8.46. The van der Waals surface area contributed by atoms with Crippen LogP contribution in [-0.4, -0.2) is 31.6 Å². The molecule has 1 aliphatic heterocycles. The highest BCUT2D eigenvalue weighted by atomic mass is 16.5. The van der Waals surface area contributed by atoms with Gasteiger partial charge in [0.25, 0.3) is 0 Å². The van der Waals surface area contributed by atoms with Crippen molar-refractivity contribution in [1.29, 1.82) is 0 Å². The van der Waals surface area contributed by atoms with Gasteiger partial charge in [0.15, 0.2) is 6.40 Å². The average molecular weight is 217 g/mol. The van der Waals surface area contributed by atoms with Gasteiger partial charge >= 0.3 is 0 Å². The number of ether oxygens (including phenoxy) is 1. The van der Waals surface area contributed by atoms with Gasteiger partial charge in [-0.25, -0.2) is 4.99 Å². The summed E-state index contributed by atoms with van der Waals surface area (Å²) in [5.74, 6) is 0. The predicted molar refractivity (Wildman–Crippen MR) is 64.9 cm³/mol. The maximum atomic E-state index is 4.75. The molecule has 0 aromatic carbocycles. The Labute approximate surface area is 95.1 Å². The van der Waals surface area contributed by atoms with Crippen LogP contribution in [0.5, 0.6) is 0 Å². The Hall–Kier alpha value is -1.68. The average Bonchev–Trinajstić information content (AvgIpc) is 2.38. The smallest absolute Gasteiger partial charge is 0.174 e. The lowest BCUT2D eigenvalue weighted by molar-refractivity contribution is 0.423. The van der Waals surface area contributed by atoms with Crippen LogP contribution in [0, 0.1) is 0 Å². The van der Waals surface area contributed by atoms with Crippen molar-refractivity contribution in [3.05, 3.63) is 30.1 Å². The van der Waals surface area contributed by atoms with Crippen molar-refractivity contribution in [3.63, 3.8) is 0 Å². The quantitative estimate of drug-likeness (QED) is 0.620. The highest BCUT2D eigenvalue weighted by Crippen LogP contribution is 2.19. The van der Waals surface area contributed by atoms with E-state index < -0.39 is 0 Å². The lowest BCUT2D eigenvalue weighted by Gasteiger charge is -2.13. The summed E-state index contributed by atoms with van der Waals surface area (Å²) < 4.78 is 4.75. The zero-order chi connectivity index (χ0) is 11.2. The Morgan fingerprint density at radius 1 is 1.50 bits per heavy atom. The molecule has 0 bridgehead atoms. The first kappa shape index (κ1) is 10.8. The molecule has 0 spiro atoms. The van der Waals surface area contributed by atoms with Gasteiger partial charge < -0.3 is 10.1 Å². The van der Waals surface area contributed by atoms with E-state index in [0.717, 1.165) is 30.9 Å². The van der Waals surface area contributed by atoms with Crippen molar-refractivity contribution in [2.75, 3.05) is 20.2 Å². The molecule has 0 aliphatic carbocycles. The molecular formula is C12H15N3O. The van der Waals surface area contributed by atoms with Crippen molar-refractivity contribution >= 4 is 17.7 Å². The first-order valence-electron chi connectivity index (χ1n) is 5.31. The van der Waals surface area contributed by atoms with Crippen LogP contribution in [0.3, 0.4) is 0 Å². The van der Waals surface area contributed by atoms with Crippen LogP contribution in [0.4, 0.5) is 5.69 Å². The maximum absolute atomic E-state index is 4.75. The molecule has 0 amide bonds. The molecule has 1 aliphatic rings. The molecule has 2 heterocycles. The fourth-order valence-corrected chi connectivity index (χ4v) is 1.62. The maximum Gasteiger partial charge on any atom is 0.174 e. The van der Waals surface area contributed by atoms with E-state index >= 15 is 0 Å². The van der Waals surface area contributed by atoms with Crippen molar-refractivity contribution in [1.82, 2.24) is 10.3 Å². The summed E-state index contributed by atoms with van der Waals surface area (Å²) in [5, 5.41) is 3.28. The number of hydrogen-bond acceptors (Lipinski definition) is 4. The first-order valence-corrected chi connectivity index (χ1v) is 5.31. The van der Waals surface area contributed by atoms with Crippen LogP contribution in [0.25, 0.3) is 5.57 Å². The largest absolute Gasteiger partial charge is 0.486 e. The third-order valence-electron chi connectivity index (χ3n) is 2.45. The number of hydrogen-bond donors (Lipinski definition) is 1. The van der Waals surface area contributed by atoms with Gasteiger partial charge in [-0.2, -0.15) is 0 Å². The molecule has 0 unspecified atom stereocenters. The van der Waals surface area contributed by atoms with Gasteiger partial charge in [0.05, 0.1) is 24.7 Å². The molecule has 0 saturated heterocycles. The molecule has 1 aromatic heterocycles. The predicted octanol–water partition coefficient (Wildman–Crippen LogP) is 1.76. The highest BCUT2D eigenvalue weighted by Gasteiger charge is 2.06. The second kappa shape index (κ2) is 5.42. The summed E-state index contributed by atoms with van der Waals surface area (Å²) in [6.07, 6.45) is 6.38. The number of methoxy groups -OCH3 is 1. The van der Waals surface area contributed by atoms with Gasteiger partial charge in [-0.15, -0.1) is 0 Å². The van der Waals surface area contributed by atoms with E-state index in [9.17, 15) is 0 Å². The lowest BCUT2D eigenvalue weighted by Crippen LogP contribution is -2.20. The molecule has 84 valence electrons. The number of nitrogens with one attached hydrogen (secondary N) is 1. The molecule has 0 fully saturated rings. The van der Waals surface area contributed by atoms with E-state index in [4.69, 9.17) is 4.74 Å². The molecule has 4 nitrogen and oxygen atoms in total. The minimum atomic E-state index is 0.806. The van der Waals surface area contributed by atoms with Crippen LogP contribution in [0.2, 0.25) is 0 Å². The minimum absolute atomic E-state index is 0.806. The zero-order valence-corrected chi connectivity index (χ0v) is 9.31. The number of aromatic nitrogens is 1. The summed E-state index contributed by atoms with van der Waals surface area (Å²) in [6.45, 7) is 1.96. The van der Waals surface area contributed by atoms with Gasteiger partial charge in [0, 0.05) is 6.54 Å². The van der Waals surface area contributed by atoms with E-state index in [2.05, 4.69) is 21.4 Å². The third-order valence-corrected chi connectivity index (χ3v) is 2.45. The van der Waals surface area contributed by atoms with Gasteiger partial charge in [-0.3, -0.25) is 4.98 Å². The summed E-state index contributed by atoms with van der Waals surface area (Å²) in [7, 11) is 1.57. The van der Waals surface area contributed by atoms with Crippen LogP contribution < -0.4 is 5.32 Å². The van der Waals surface area contributed by atoms with Crippen molar-refractivity contribution < 1.29 is 4.74 Å². The normalized spacial score (nSPS) is 16.2. The van der Waals surface area contributed by atoms with Gasteiger partial charge in [0.1, 0.15) is 0 Å². The molecule has 0 radical (unpaired) electrons.